The summed E-state index contributed by atoms with van der Waals surface area (Å²) in [6, 6.07) is 13.5. The van der Waals surface area contributed by atoms with Crippen molar-refractivity contribution in [3.05, 3.63) is 71.3 Å². The quantitative estimate of drug-likeness (QED) is 0.779. The summed E-state index contributed by atoms with van der Waals surface area (Å²) < 4.78 is 1.98. The van der Waals surface area contributed by atoms with Crippen molar-refractivity contribution in [2.24, 2.45) is 5.92 Å². The highest BCUT2D eigenvalue weighted by Gasteiger charge is 2.14. The lowest BCUT2D eigenvalue weighted by Gasteiger charge is -2.12. The van der Waals surface area contributed by atoms with E-state index in [1.54, 1.807) is 6.20 Å². The molecule has 0 saturated heterocycles. The average molecular weight is 328 g/mol. The maximum Gasteiger partial charge on any atom is 0.223 e. The molecule has 0 aliphatic rings. The van der Waals surface area contributed by atoms with Gasteiger partial charge in [0.1, 0.15) is 5.82 Å². The van der Waals surface area contributed by atoms with Gasteiger partial charge in [0.2, 0.25) is 5.91 Å². The van der Waals surface area contributed by atoms with Crippen molar-refractivity contribution in [2.75, 3.05) is 0 Å². The van der Waals surface area contributed by atoms with Gasteiger partial charge in [-0.15, -0.1) is 0 Å². The molecule has 0 fully saturated rings. The van der Waals surface area contributed by atoms with Crippen LogP contribution >= 0.6 is 11.6 Å². The lowest BCUT2D eigenvalue weighted by atomic mass is 10.0. The molecule has 1 atom stereocenters. The minimum absolute atomic E-state index is 0.0210. The van der Waals surface area contributed by atoms with Crippen LogP contribution < -0.4 is 5.32 Å². The Kier molecular flexibility index (Phi) is 4.63. The van der Waals surface area contributed by atoms with Gasteiger partial charge in [-0.25, -0.2) is 4.98 Å². The van der Waals surface area contributed by atoms with Crippen LogP contribution in [0.3, 0.4) is 0 Å². The molecule has 3 aromatic rings. The molecule has 2 aromatic heterocycles. The van der Waals surface area contributed by atoms with Gasteiger partial charge in [-0.3, -0.25) is 4.79 Å². The zero-order chi connectivity index (χ0) is 16.2. The Bertz CT molecular complexity index is 811. The highest BCUT2D eigenvalue weighted by Crippen LogP contribution is 2.13. The third kappa shape index (κ3) is 3.71. The van der Waals surface area contributed by atoms with E-state index < -0.39 is 0 Å². The lowest BCUT2D eigenvalue weighted by molar-refractivity contribution is -0.124. The van der Waals surface area contributed by atoms with Crippen molar-refractivity contribution < 1.29 is 4.79 Å². The second-order valence-corrected chi connectivity index (χ2v) is 6.06. The third-order valence-corrected chi connectivity index (χ3v) is 4.09. The maximum atomic E-state index is 12.3. The first kappa shape index (κ1) is 15.6. The maximum absolute atomic E-state index is 12.3. The lowest BCUT2D eigenvalue weighted by Crippen LogP contribution is -2.30. The zero-order valence-corrected chi connectivity index (χ0v) is 13.6. The number of nitrogens with zero attached hydrogens (tertiary/aromatic N) is 2. The standard InChI is InChI=1S/C18H18ClN3O/c1-13(10-14-5-7-15(19)8-6-14)18(23)21-12-17-20-11-16-4-2-3-9-22(16)17/h2-9,11,13H,10,12H2,1H3,(H,21,23). The van der Waals surface area contributed by atoms with Crippen LogP contribution in [-0.4, -0.2) is 15.3 Å². The molecule has 4 nitrogen and oxygen atoms in total. The molecule has 118 valence electrons. The van der Waals surface area contributed by atoms with Crippen LogP contribution in [-0.2, 0) is 17.8 Å². The number of benzene rings is 1. The van der Waals surface area contributed by atoms with Crippen molar-refractivity contribution in [2.45, 2.75) is 19.9 Å². The molecule has 1 unspecified atom stereocenters. The van der Waals surface area contributed by atoms with E-state index in [4.69, 9.17) is 11.6 Å². The van der Waals surface area contributed by atoms with Crippen LogP contribution in [0, 0.1) is 5.92 Å². The summed E-state index contributed by atoms with van der Waals surface area (Å²) in [6.07, 6.45) is 4.44. The number of aromatic nitrogens is 2. The van der Waals surface area contributed by atoms with Crippen LogP contribution in [0.2, 0.25) is 5.02 Å². The molecule has 1 amide bonds. The number of halogens is 1. The Morgan fingerprint density at radius 1 is 1.26 bits per heavy atom. The van der Waals surface area contributed by atoms with Crippen LogP contribution in [0.5, 0.6) is 0 Å². The first-order chi connectivity index (χ1) is 11.1. The predicted molar refractivity (Wildman–Crippen MR) is 91.4 cm³/mol. The van der Waals surface area contributed by atoms with E-state index in [0.29, 0.717) is 18.0 Å². The number of rotatable bonds is 5. The number of hydrogen-bond acceptors (Lipinski definition) is 2. The number of amides is 1. The van der Waals surface area contributed by atoms with E-state index in [1.807, 2.05) is 60.0 Å². The van der Waals surface area contributed by atoms with Gasteiger partial charge in [0.05, 0.1) is 18.3 Å². The van der Waals surface area contributed by atoms with Gasteiger partial charge in [0.15, 0.2) is 0 Å². The number of pyridine rings is 1. The highest BCUT2D eigenvalue weighted by atomic mass is 35.5. The smallest absolute Gasteiger partial charge is 0.223 e. The minimum atomic E-state index is -0.109. The number of imidazole rings is 1. The largest absolute Gasteiger partial charge is 0.349 e. The van der Waals surface area contributed by atoms with Gasteiger partial charge in [0, 0.05) is 17.1 Å². The molecule has 2 heterocycles. The van der Waals surface area contributed by atoms with Crippen LogP contribution in [0.4, 0.5) is 0 Å². The number of hydrogen-bond donors (Lipinski definition) is 1. The Labute approximate surface area is 140 Å². The molecule has 0 radical (unpaired) electrons. The summed E-state index contributed by atoms with van der Waals surface area (Å²) in [4.78, 5) is 16.6. The Morgan fingerprint density at radius 2 is 2.04 bits per heavy atom. The second kappa shape index (κ2) is 6.84. The molecule has 0 spiro atoms. The van der Waals surface area contributed by atoms with Gasteiger partial charge in [0.25, 0.3) is 0 Å². The van der Waals surface area contributed by atoms with Crippen LogP contribution in [0.15, 0.2) is 54.9 Å². The third-order valence-electron chi connectivity index (χ3n) is 3.84. The molecule has 5 heteroatoms. The van der Waals surface area contributed by atoms with E-state index in [-0.39, 0.29) is 11.8 Å². The summed E-state index contributed by atoms with van der Waals surface area (Å²) in [6.45, 7) is 2.34. The summed E-state index contributed by atoms with van der Waals surface area (Å²) in [7, 11) is 0. The molecule has 23 heavy (non-hydrogen) atoms. The van der Waals surface area contributed by atoms with E-state index in [9.17, 15) is 4.79 Å². The van der Waals surface area contributed by atoms with Gasteiger partial charge in [-0.05, 0) is 36.2 Å². The fourth-order valence-electron chi connectivity index (χ4n) is 2.54. The summed E-state index contributed by atoms with van der Waals surface area (Å²) >= 11 is 5.88. The summed E-state index contributed by atoms with van der Waals surface area (Å²) in [5.74, 6) is 0.739. The molecule has 0 aliphatic heterocycles. The molecule has 1 aromatic carbocycles. The number of fused-ring (bicyclic) bond motifs is 1. The number of carbonyl (C=O) groups excluding carboxylic acids is 1. The Morgan fingerprint density at radius 3 is 2.83 bits per heavy atom. The molecule has 3 rings (SSSR count). The van der Waals surface area contributed by atoms with Crippen molar-refractivity contribution in [3.63, 3.8) is 0 Å². The fourth-order valence-corrected chi connectivity index (χ4v) is 2.66. The topological polar surface area (TPSA) is 46.4 Å². The van der Waals surface area contributed by atoms with Crippen molar-refractivity contribution in [1.82, 2.24) is 14.7 Å². The highest BCUT2D eigenvalue weighted by molar-refractivity contribution is 6.30. The van der Waals surface area contributed by atoms with Crippen molar-refractivity contribution in [3.8, 4) is 0 Å². The predicted octanol–water partition coefficient (Wildman–Crippen LogP) is 3.48. The van der Waals surface area contributed by atoms with E-state index in [0.717, 1.165) is 16.9 Å². The van der Waals surface area contributed by atoms with Gasteiger partial charge in [-0.1, -0.05) is 36.7 Å². The molecule has 0 aliphatic carbocycles. The Balaban J connectivity index is 1.59. The number of carbonyl (C=O) groups is 1. The first-order valence-electron chi connectivity index (χ1n) is 7.56. The van der Waals surface area contributed by atoms with Gasteiger partial charge >= 0.3 is 0 Å². The minimum Gasteiger partial charge on any atom is -0.349 e. The average Bonchev–Trinajstić information content (AvgIpc) is 2.98. The van der Waals surface area contributed by atoms with Gasteiger partial charge in [-0.2, -0.15) is 0 Å². The van der Waals surface area contributed by atoms with Crippen molar-refractivity contribution >= 4 is 23.0 Å². The number of nitrogens with one attached hydrogen (secondary N) is 1. The SMILES string of the molecule is CC(Cc1ccc(Cl)cc1)C(=O)NCc1ncc2ccccn12. The monoisotopic (exact) mass is 327 g/mol. The van der Waals surface area contributed by atoms with Crippen LogP contribution in [0.25, 0.3) is 5.52 Å². The van der Waals surface area contributed by atoms with Crippen molar-refractivity contribution in [1.29, 1.82) is 0 Å². The summed E-state index contributed by atoms with van der Waals surface area (Å²) in [5.41, 5.74) is 2.12. The van der Waals surface area contributed by atoms with E-state index in [1.165, 1.54) is 0 Å². The zero-order valence-electron chi connectivity index (χ0n) is 12.9. The van der Waals surface area contributed by atoms with Crippen LogP contribution in [0.1, 0.15) is 18.3 Å². The van der Waals surface area contributed by atoms with E-state index >= 15 is 0 Å². The molecule has 0 saturated carbocycles. The molecule has 0 bridgehead atoms. The molecular formula is C18H18ClN3O. The molecule has 1 N–H and O–H groups in total. The summed E-state index contributed by atoms with van der Waals surface area (Å²) in [5, 5.41) is 3.67. The van der Waals surface area contributed by atoms with Gasteiger partial charge < -0.3 is 9.72 Å². The normalized spacial score (nSPS) is 12.3. The first-order valence-corrected chi connectivity index (χ1v) is 7.94. The Hall–Kier alpha value is -2.33. The second-order valence-electron chi connectivity index (χ2n) is 5.62. The van der Waals surface area contributed by atoms with E-state index in [2.05, 4.69) is 10.3 Å². The molecular weight excluding hydrogens is 310 g/mol. The fraction of sp³-hybridized carbons (Fsp3) is 0.222.